The minimum atomic E-state index is -0.200. The van der Waals surface area contributed by atoms with Gasteiger partial charge in [0.05, 0.1) is 15.2 Å². The third-order valence-corrected chi connectivity index (χ3v) is 5.80. The van der Waals surface area contributed by atoms with Gasteiger partial charge in [-0.25, -0.2) is 4.98 Å². The predicted molar refractivity (Wildman–Crippen MR) is 87.1 cm³/mol. The molecule has 22 heavy (non-hydrogen) atoms. The van der Waals surface area contributed by atoms with E-state index in [4.69, 9.17) is 9.72 Å². The molecule has 0 bridgehead atoms. The first-order valence-corrected chi connectivity index (χ1v) is 8.89. The lowest BCUT2D eigenvalue weighted by atomic mass is 9.98. The Bertz CT molecular complexity index is 645. The number of thiazole rings is 1. The van der Waals surface area contributed by atoms with E-state index in [9.17, 15) is 4.79 Å². The van der Waals surface area contributed by atoms with Crippen LogP contribution in [-0.4, -0.2) is 41.6 Å². The van der Waals surface area contributed by atoms with Crippen molar-refractivity contribution in [3.8, 4) is 0 Å². The molecule has 5 heteroatoms. The minimum Gasteiger partial charge on any atom is -0.368 e. The SMILES string of the molecule is O=C([C@@H]1CCCO1)N1CCC[C@@H](c2nc3ccccc3s2)C1. The monoisotopic (exact) mass is 316 g/mol. The molecule has 2 atom stereocenters. The second kappa shape index (κ2) is 5.97. The van der Waals surface area contributed by atoms with Crippen LogP contribution in [0.3, 0.4) is 0 Å². The lowest BCUT2D eigenvalue weighted by Crippen LogP contribution is -2.44. The first kappa shape index (κ1) is 14.2. The molecule has 0 saturated carbocycles. The van der Waals surface area contributed by atoms with E-state index in [1.807, 2.05) is 11.0 Å². The normalized spacial score (nSPS) is 25.7. The Morgan fingerprint density at radius 3 is 3.00 bits per heavy atom. The van der Waals surface area contributed by atoms with Gasteiger partial charge in [-0.05, 0) is 37.8 Å². The molecule has 2 saturated heterocycles. The van der Waals surface area contributed by atoms with Crippen LogP contribution in [0.1, 0.15) is 36.6 Å². The average molecular weight is 316 g/mol. The summed E-state index contributed by atoms with van der Waals surface area (Å²) in [6.45, 7) is 2.38. The van der Waals surface area contributed by atoms with Crippen molar-refractivity contribution in [2.24, 2.45) is 0 Å². The van der Waals surface area contributed by atoms with Crippen molar-refractivity contribution in [1.29, 1.82) is 0 Å². The molecule has 116 valence electrons. The Balaban J connectivity index is 1.51. The molecule has 2 aliphatic heterocycles. The maximum absolute atomic E-state index is 12.5. The van der Waals surface area contributed by atoms with E-state index in [2.05, 4.69) is 18.2 Å². The highest BCUT2D eigenvalue weighted by atomic mass is 32.1. The highest BCUT2D eigenvalue weighted by molar-refractivity contribution is 7.18. The van der Waals surface area contributed by atoms with Crippen LogP contribution in [0.15, 0.2) is 24.3 Å². The van der Waals surface area contributed by atoms with Crippen molar-refractivity contribution in [1.82, 2.24) is 9.88 Å². The number of likely N-dealkylation sites (tertiary alicyclic amines) is 1. The Labute approximate surface area is 134 Å². The molecule has 3 heterocycles. The lowest BCUT2D eigenvalue weighted by molar-refractivity contribution is -0.142. The summed E-state index contributed by atoms with van der Waals surface area (Å²) in [5, 5.41) is 1.17. The number of amides is 1. The molecule has 4 nitrogen and oxygen atoms in total. The number of carbonyl (C=O) groups excluding carboxylic acids is 1. The number of nitrogens with zero attached hydrogens (tertiary/aromatic N) is 2. The van der Waals surface area contributed by atoms with Crippen LogP contribution < -0.4 is 0 Å². The van der Waals surface area contributed by atoms with Gasteiger partial charge in [0.2, 0.25) is 0 Å². The molecule has 0 radical (unpaired) electrons. The van der Waals surface area contributed by atoms with Gasteiger partial charge in [-0.15, -0.1) is 11.3 Å². The summed E-state index contributed by atoms with van der Waals surface area (Å²) >= 11 is 1.77. The third-order valence-electron chi connectivity index (χ3n) is 4.60. The Kier molecular flexibility index (Phi) is 3.84. The van der Waals surface area contributed by atoms with Gasteiger partial charge >= 0.3 is 0 Å². The van der Waals surface area contributed by atoms with Crippen LogP contribution >= 0.6 is 11.3 Å². The van der Waals surface area contributed by atoms with Gasteiger partial charge in [0, 0.05) is 25.6 Å². The summed E-state index contributed by atoms with van der Waals surface area (Å²) in [6.07, 6.45) is 3.86. The van der Waals surface area contributed by atoms with E-state index in [0.717, 1.165) is 50.9 Å². The topological polar surface area (TPSA) is 42.4 Å². The van der Waals surface area contributed by atoms with Gasteiger partial charge in [0.25, 0.3) is 5.91 Å². The maximum atomic E-state index is 12.5. The number of para-hydroxylation sites is 1. The first-order chi connectivity index (χ1) is 10.8. The van der Waals surface area contributed by atoms with Crippen molar-refractivity contribution >= 4 is 27.5 Å². The number of piperidine rings is 1. The molecule has 2 fully saturated rings. The summed E-state index contributed by atoms with van der Waals surface area (Å²) in [6, 6.07) is 8.26. The van der Waals surface area contributed by atoms with Crippen LogP contribution in [0, 0.1) is 0 Å². The van der Waals surface area contributed by atoms with Gasteiger partial charge in [0.1, 0.15) is 6.10 Å². The van der Waals surface area contributed by atoms with Crippen LogP contribution in [0.25, 0.3) is 10.2 Å². The smallest absolute Gasteiger partial charge is 0.251 e. The molecule has 0 spiro atoms. The minimum absolute atomic E-state index is 0.184. The van der Waals surface area contributed by atoms with Crippen LogP contribution in [0.5, 0.6) is 0 Å². The fraction of sp³-hybridized carbons (Fsp3) is 0.529. The molecule has 0 unspecified atom stereocenters. The van der Waals surface area contributed by atoms with E-state index in [1.165, 1.54) is 9.71 Å². The van der Waals surface area contributed by atoms with Gasteiger partial charge in [0.15, 0.2) is 0 Å². The van der Waals surface area contributed by atoms with Crippen molar-refractivity contribution in [2.75, 3.05) is 19.7 Å². The number of ether oxygens (including phenoxy) is 1. The summed E-state index contributed by atoms with van der Waals surface area (Å²) in [5.74, 6) is 0.555. The molecule has 4 rings (SSSR count). The summed E-state index contributed by atoms with van der Waals surface area (Å²) in [5.41, 5.74) is 1.07. The Morgan fingerprint density at radius 2 is 2.18 bits per heavy atom. The molecule has 2 aliphatic rings. The molecular weight excluding hydrogens is 296 g/mol. The quantitative estimate of drug-likeness (QED) is 0.854. The summed E-state index contributed by atoms with van der Waals surface area (Å²) in [4.78, 5) is 19.3. The van der Waals surface area contributed by atoms with Crippen molar-refractivity contribution in [3.05, 3.63) is 29.3 Å². The first-order valence-electron chi connectivity index (χ1n) is 8.07. The Hall–Kier alpha value is -1.46. The number of benzene rings is 1. The van der Waals surface area contributed by atoms with Crippen LogP contribution in [0.4, 0.5) is 0 Å². The zero-order chi connectivity index (χ0) is 14.9. The fourth-order valence-corrected chi connectivity index (χ4v) is 4.51. The lowest BCUT2D eigenvalue weighted by Gasteiger charge is -2.33. The molecule has 1 amide bonds. The number of hydrogen-bond acceptors (Lipinski definition) is 4. The van der Waals surface area contributed by atoms with E-state index >= 15 is 0 Å². The van der Waals surface area contributed by atoms with E-state index < -0.39 is 0 Å². The van der Waals surface area contributed by atoms with Gasteiger partial charge in [-0.3, -0.25) is 4.79 Å². The molecule has 2 aromatic rings. The zero-order valence-corrected chi connectivity index (χ0v) is 13.3. The predicted octanol–water partition coefficient (Wildman–Crippen LogP) is 3.18. The van der Waals surface area contributed by atoms with Gasteiger partial charge in [-0.2, -0.15) is 0 Å². The van der Waals surface area contributed by atoms with E-state index in [-0.39, 0.29) is 12.0 Å². The standard InChI is InChI=1S/C17H20N2O2S/c20-17(14-7-4-10-21-14)19-9-3-5-12(11-19)16-18-13-6-1-2-8-15(13)22-16/h1-2,6,8,12,14H,3-5,7,9-11H2/t12-,14+/m1/s1. The second-order valence-electron chi connectivity index (χ2n) is 6.14. The van der Waals surface area contributed by atoms with Crippen molar-refractivity contribution in [3.63, 3.8) is 0 Å². The number of rotatable bonds is 2. The Morgan fingerprint density at radius 1 is 1.27 bits per heavy atom. The van der Waals surface area contributed by atoms with Crippen LogP contribution in [-0.2, 0) is 9.53 Å². The van der Waals surface area contributed by atoms with Crippen molar-refractivity contribution in [2.45, 2.75) is 37.7 Å². The number of fused-ring (bicyclic) bond motifs is 1. The maximum Gasteiger partial charge on any atom is 0.251 e. The average Bonchev–Trinajstić information content (AvgIpc) is 3.23. The van der Waals surface area contributed by atoms with E-state index in [1.54, 1.807) is 11.3 Å². The zero-order valence-electron chi connectivity index (χ0n) is 12.5. The van der Waals surface area contributed by atoms with E-state index in [0.29, 0.717) is 5.92 Å². The highest BCUT2D eigenvalue weighted by Crippen LogP contribution is 2.33. The third kappa shape index (κ3) is 2.63. The molecule has 1 aromatic carbocycles. The molecule has 0 aliphatic carbocycles. The fourth-order valence-electron chi connectivity index (χ4n) is 3.42. The summed E-state index contributed by atoms with van der Waals surface area (Å²) < 4.78 is 6.79. The molecule has 1 aromatic heterocycles. The molecule has 0 N–H and O–H groups in total. The second-order valence-corrected chi connectivity index (χ2v) is 7.21. The van der Waals surface area contributed by atoms with Gasteiger partial charge < -0.3 is 9.64 Å². The largest absolute Gasteiger partial charge is 0.368 e. The number of aromatic nitrogens is 1. The highest BCUT2D eigenvalue weighted by Gasteiger charge is 2.32. The van der Waals surface area contributed by atoms with Gasteiger partial charge in [-0.1, -0.05) is 12.1 Å². The number of hydrogen-bond donors (Lipinski definition) is 0. The summed E-state index contributed by atoms with van der Waals surface area (Å²) in [7, 11) is 0. The number of carbonyl (C=O) groups is 1. The van der Waals surface area contributed by atoms with Crippen molar-refractivity contribution < 1.29 is 9.53 Å². The molecular formula is C17H20N2O2S. The van der Waals surface area contributed by atoms with Crippen LogP contribution in [0.2, 0.25) is 0 Å².